The quantitative estimate of drug-likeness (QED) is 0.840. The monoisotopic (exact) mass is 388 g/mol. The highest BCUT2D eigenvalue weighted by atomic mass is 79.9. The van der Waals surface area contributed by atoms with Crippen molar-refractivity contribution in [2.75, 3.05) is 7.11 Å². The van der Waals surface area contributed by atoms with Crippen molar-refractivity contribution in [3.63, 3.8) is 0 Å². The molecule has 0 radical (unpaired) electrons. The molecule has 0 saturated heterocycles. The maximum atomic E-state index is 13.4. The van der Waals surface area contributed by atoms with Crippen LogP contribution in [0.3, 0.4) is 0 Å². The fourth-order valence-corrected chi connectivity index (χ4v) is 2.83. The standard InChI is InChI=1S/C14H11Br2FO2/c1-19-11-2-3-12(13(16)7-11)14(18)8-4-9(15)6-10(17)5-8/h2-7,14,18H,1H3. The summed E-state index contributed by atoms with van der Waals surface area (Å²) in [6, 6.07) is 9.59. The number of halogens is 3. The van der Waals surface area contributed by atoms with Gasteiger partial charge < -0.3 is 9.84 Å². The van der Waals surface area contributed by atoms with E-state index in [0.29, 0.717) is 25.8 Å². The van der Waals surface area contributed by atoms with Crippen LogP contribution in [0.4, 0.5) is 4.39 Å². The number of methoxy groups -OCH3 is 1. The van der Waals surface area contributed by atoms with Gasteiger partial charge in [-0.2, -0.15) is 0 Å². The second kappa shape index (κ2) is 6.03. The Morgan fingerprint density at radius 3 is 2.47 bits per heavy atom. The Morgan fingerprint density at radius 1 is 1.16 bits per heavy atom. The molecule has 0 aromatic heterocycles. The van der Waals surface area contributed by atoms with Gasteiger partial charge in [0.05, 0.1) is 7.11 Å². The molecule has 0 aliphatic heterocycles. The van der Waals surface area contributed by atoms with Gasteiger partial charge in [0.1, 0.15) is 17.7 Å². The Kier molecular flexibility index (Phi) is 4.60. The van der Waals surface area contributed by atoms with Crippen LogP contribution in [0.15, 0.2) is 45.3 Å². The van der Waals surface area contributed by atoms with E-state index in [0.717, 1.165) is 0 Å². The Bertz CT molecular complexity index is 582. The van der Waals surface area contributed by atoms with Crippen LogP contribution in [0.25, 0.3) is 0 Å². The van der Waals surface area contributed by atoms with Crippen molar-refractivity contribution < 1.29 is 14.2 Å². The van der Waals surface area contributed by atoms with Crippen molar-refractivity contribution >= 4 is 31.9 Å². The molecule has 5 heteroatoms. The average Bonchev–Trinajstić information content (AvgIpc) is 2.36. The molecule has 0 saturated carbocycles. The Morgan fingerprint density at radius 2 is 1.89 bits per heavy atom. The lowest BCUT2D eigenvalue weighted by Crippen LogP contribution is -2.01. The minimum atomic E-state index is -0.910. The summed E-state index contributed by atoms with van der Waals surface area (Å²) in [4.78, 5) is 0. The summed E-state index contributed by atoms with van der Waals surface area (Å²) < 4.78 is 19.7. The van der Waals surface area contributed by atoms with Gasteiger partial charge in [-0.1, -0.05) is 37.9 Å². The number of benzene rings is 2. The highest BCUT2D eigenvalue weighted by molar-refractivity contribution is 9.10. The van der Waals surface area contributed by atoms with Gasteiger partial charge in [0.2, 0.25) is 0 Å². The second-order valence-electron chi connectivity index (χ2n) is 3.99. The molecule has 100 valence electrons. The van der Waals surface area contributed by atoms with E-state index in [1.54, 1.807) is 31.4 Å². The molecule has 0 fully saturated rings. The number of aliphatic hydroxyl groups excluding tert-OH is 1. The van der Waals surface area contributed by atoms with Gasteiger partial charge in [-0.05, 0) is 41.5 Å². The molecule has 1 N–H and O–H groups in total. The van der Waals surface area contributed by atoms with Crippen molar-refractivity contribution in [1.82, 2.24) is 0 Å². The summed E-state index contributed by atoms with van der Waals surface area (Å²) in [5.74, 6) is 0.288. The van der Waals surface area contributed by atoms with Crippen molar-refractivity contribution in [3.8, 4) is 5.75 Å². The zero-order chi connectivity index (χ0) is 14.0. The number of aliphatic hydroxyl groups is 1. The van der Waals surface area contributed by atoms with Crippen LogP contribution in [-0.4, -0.2) is 12.2 Å². The third kappa shape index (κ3) is 3.35. The smallest absolute Gasteiger partial charge is 0.124 e. The molecule has 0 bridgehead atoms. The summed E-state index contributed by atoms with van der Waals surface area (Å²) >= 11 is 6.59. The second-order valence-corrected chi connectivity index (χ2v) is 5.76. The van der Waals surface area contributed by atoms with Gasteiger partial charge in [-0.15, -0.1) is 0 Å². The number of rotatable bonds is 3. The molecule has 1 unspecified atom stereocenters. The molecule has 0 spiro atoms. The molecule has 0 heterocycles. The number of hydrogen-bond donors (Lipinski definition) is 1. The van der Waals surface area contributed by atoms with Gasteiger partial charge in [0.25, 0.3) is 0 Å². The Hall–Kier alpha value is -0.910. The van der Waals surface area contributed by atoms with E-state index < -0.39 is 11.9 Å². The van der Waals surface area contributed by atoms with Crippen LogP contribution in [0.2, 0.25) is 0 Å². The van der Waals surface area contributed by atoms with E-state index in [4.69, 9.17) is 4.74 Å². The maximum absolute atomic E-state index is 13.4. The predicted molar refractivity (Wildman–Crippen MR) is 78.9 cm³/mol. The molecule has 2 rings (SSSR count). The summed E-state index contributed by atoms with van der Waals surface area (Å²) in [5, 5.41) is 10.3. The van der Waals surface area contributed by atoms with Crippen molar-refractivity contribution in [1.29, 1.82) is 0 Å². The van der Waals surface area contributed by atoms with Crippen molar-refractivity contribution in [3.05, 3.63) is 62.3 Å². The molecule has 2 aromatic rings. The predicted octanol–water partition coefficient (Wildman–Crippen LogP) is 4.44. The normalized spacial score (nSPS) is 12.3. The summed E-state index contributed by atoms with van der Waals surface area (Å²) in [6.07, 6.45) is -0.910. The Balaban J connectivity index is 2.40. The number of hydrogen-bond acceptors (Lipinski definition) is 2. The van der Waals surface area contributed by atoms with Crippen LogP contribution in [0.1, 0.15) is 17.2 Å². The van der Waals surface area contributed by atoms with E-state index in [2.05, 4.69) is 31.9 Å². The first kappa shape index (κ1) is 14.5. The highest BCUT2D eigenvalue weighted by Crippen LogP contribution is 2.32. The fraction of sp³-hybridized carbons (Fsp3) is 0.143. The molecule has 2 nitrogen and oxygen atoms in total. The van der Waals surface area contributed by atoms with Gasteiger partial charge in [0, 0.05) is 8.95 Å². The van der Waals surface area contributed by atoms with Crippen LogP contribution in [0, 0.1) is 5.82 Å². The van der Waals surface area contributed by atoms with Gasteiger partial charge in [-0.25, -0.2) is 4.39 Å². The molecule has 0 aliphatic carbocycles. The lowest BCUT2D eigenvalue weighted by molar-refractivity contribution is 0.219. The zero-order valence-corrected chi connectivity index (χ0v) is 13.2. The van der Waals surface area contributed by atoms with Gasteiger partial charge in [0.15, 0.2) is 0 Å². The molecule has 0 aliphatic rings. The van der Waals surface area contributed by atoms with Crippen LogP contribution < -0.4 is 4.74 Å². The van der Waals surface area contributed by atoms with E-state index in [1.165, 1.54) is 12.1 Å². The lowest BCUT2D eigenvalue weighted by Gasteiger charge is -2.14. The topological polar surface area (TPSA) is 29.5 Å². The average molecular weight is 390 g/mol. The maximum Gasteiger partial charge on any atom is 0.124 e. The van der Waals surface area contributed by atoms with Crippen molar-refractivity contribution in [2.45, 2.75) is 6.10 Å². The Labute approximate surface area is 127 Å². The van der Waals surface area contributed by atoms with Crippen molar-refractivity contribution in [2.24, 2.45) is 0 Å². The van der Waals surface area contributed by atoms with E-state index in [-0.39, 0.29) is 0 Å². The first-order chi connectivity index (χ1) is 9.01. The third-order valence-corrected chi connectivity index (χ3v) is 3.85. The van der Waals surface area contributed by atoms with Gasteiger partial charge >= 0.3 is 0 Å². The van der Waals surface area contributed by atoms with Crippen LogP contribution >= 0.6 is 31.9 Å². The van der Waals surface area contributed by atoms with E-state index in [9.17, 15) is 9.50 Å². The molecule has 19 heavy (non-hydrogen) atoms. The van der Waals surface area contributed by atoms with E-state index in [1.807, 2.05) is 0 Å². The first-order valence-electron chi connectivity index (χ1n) is 5.48. The van der Waals surface area contributed by atoms with Crippen LogP contribution in [-0.2, 0) is 0 Å². The SMILES string of the molecule is COc1ccc(C(O)c2cc(F)cc(Br)c2)c(Br)c1. The van der Waals surface area contributed by atoms with Gasteiger partial charge in [-0.3, -0.25) is 0 Å². The molecule has 0 amide bonds. The fourth-order valence-electron chi connectivity index (χ4n) is 1.77. The molecule has 2 aromatic carbocycles. The summed E-state index contributed by atoms with van der Waals surface area (Å²) in [5.41, 5.74) is 1.14. The molecular weight excluding hydrogens is 379 g/mol. The molecular formula is C14H11Br2FO2. The molecule has 1 atom stereocenters. The minimum absolute atomic E-state index is 0.395. The highest BCUT2D eigenvalue weighted by Gasteiger charge is 2.15. The lowest BCUT2D eigenvalue weighted by atomic mass is 10.0. The van der Waals surface area contributed by atoms with E-state index >= 15 is 0 Å². The van der Waals surface area contributed by atoms with Crippen LogP contribution in [0.5, 0.6) is 5.75 Å². The summed E-state index contributed by atoms with van der Waals surface area (Å²) in [7, 11) is 1.57. The summed E-state index contributed by atoms with van der Waals surface area (Å²) in [6.45, 7) is 0. The zero-order valence-electron chi connectivity index (χ0n) is 10.0. The largest absolute Gasteiger partial charge is 0.497 e. The third-order valence-electron chi connectivity index (χ3n) is 2.70. The first-order valence-corrected chi connectivity index (χ1v) is 7.07. The number of ether oxygens (including phenoxy) is 1. The minimum Gasteiger partial charge on any atom is -0.497 e.